The monoisotopic (exact) mass is 258 g/mol. The summed E-state index contributed by atoms with van der Waals surface area (Å²) in [6.45, 7) is 3.86. The van der Waals surface area contributed by atoms with Crippen LogP contribution < -0.4 is 5.32 Å². The molecule has 2 unspecified atom stereocenters. The van der Waals surface area contributed by atoms with E-state index in [9.17, 15) is 9.59 Å². The highest BCUT2D eigenvalue weighted by Gasteiger charge is 2.19. The molecule has 1 heterocycles. The summed E-state index contributed by atoms with van der Waals surface area (Å²) in [5.74, 6) is -0.607. The fourth-order valence-corrected chi connectivity index (χ4v) is 2.02. The van der Waals surface area contributed by atoms with E-state index in [0.29, 0.717) is 5.92 Å². The molecule has 0 radical (unpaired) electrons. The maximum atomic E-state index is 11.8. The summed E-state index contributed by atoms with van der Waals surface area (Å²) >= 11 is 0. The molecule has 6 heteroatoms. The summed E-state index contributed by atoms with van der Waals surface area (Å²) < 4.78 is 0. The molecule has 0 spiro atoms. The first kappa shape index (κ1) is 14.8. The van der Waals surface area contributed by atoms with E-state index in [-0.39, 0.29) is 19.0 Å². The van der Waals surface area contributed by atoms with Crippen LogP contribution in [-0.4, -0.2) is 52.9 Å². The molecule has 0 saturated carbocycles. The molecular weight excluding hydrogens is 236 g/mol. The van der Waals surface area contributed by atoms with Crippen molar-refractivity contribution in [3.8, 4) is 0 Å². The molecule has 0 aliphatic carbocycles. The van der Waals surface area contributed by atoms with E-state index in [0.717, 1.165) is 32.4 Å². The van der Waals surface area contributed by atoms with Gasteiger partial charge >= 0.3 is 12.0 Å². The van der Waals surface area contributed by atoms with Gasteiger partial charge in [-0.2, -0.15) is 0 Å². The van der Waals surface area contributed by atoms with Crippen molar-refractivity contribution in [1.82, 2.24) is 10.2 Å². The minimum Gasteiger partial charge on any atom is -0.479 e. The Labute approximate surface area is 107 Å². The minimum atomic E-state index is -1.41. The van der Waals surface area contributed by atoms with Crippen LogP contribution in [0.3, 0.4) is 0 Å². The van der Waals surface area contributed by atoms with Gasteiger partial charge in [-0.15, -0.1) is 0 Å². The summed E-state index contributed by atoms with van der Waals surface area (Å²) in [6, 6.07) is -0.165. The highest BCUT2D eigenvalue weighted by Crippen LogP contribution is 2.16. The second-order valence-corrected chi connectivity index (χ2v) is 4.90. The molecule has 0 aromatic rings. The Morgan fingerprint density at radius 1 is 1.39 bits per heavy atom. The molecule has 0 aromatic heterocycles. The molecule has 2 amide bonds. The van der Waals surface area contributed by atoms with E-state index < -0.39 is 12.1 Å². The van der Waals surface area contributed by atoms with Gasteiger partial charge in [0.15, 0.2) is 6.10 Å². The predicted octanol–water partition coefficient (Wildman–Crippen LogP) is 0.654. The van der Waals surface area contributed by atoms with Crippen LogP contribution in [0.1, 0.15) is 32.6 Å². The smallest absolute Gasteiger partial charge is 0.332 e. The van der Waals surface area contributed by atoms with Crippen molar-refractivity contribution in [3.05, 3.63) is 0 Å². The summed E-state index contributed by atoms with van der Waals surface area (Å²) in [5.41, 5.74) is 0. The highest BCUT2D eigenvalue weighted by atomic mass is 16.4. The normalized spacial score (nSPS) is 22.1. The molecule has 1 aliphatic rings. The average Bonchev–Trinajstić information content (AvgIpc) is 2.53. The van der Waals surface area contributed by atoms with E-state index in [4.69, 9.17) is 10.2 Å². The number of carbonyl (C=O) groups excluding carboxylic acids is 1. The standard InChI is InChI=1S/C12H22N2O4/c1-9-3-2-7-14(8-5-9)12(18)13-6-4-10(15)11(16)17/h9-10,15H,2-8H2,1H3,(H,13,18)(H,16,17). The van der Waals surface area contributed by atoms with Crippen LogP contribution >= 0.6 is 0 Å². The van der Waals surface area contributed by atoms with Crippen LogP contribution in [0.4, 0.5) is 4.79 Å². The molecule has 1 rings (SSSR count). The fraction of sp³-hybridized carbons (Fsp3) is 0.833. The van der Waals surface area contributed by atoms with Crippen LogP contribution in [0.25, 0.3) is 0 Å². The Morgan fingerprint density at radius 3 is 2.78 bits per heavy atom. The number of hydrogen-bond donors (Lipinski definition) is 3. The number of amides is 2. The van der Waals surface area contributed by atoms with Crippen molar-refractivity contribution >= 4 is 12.0 Å². The lowest BCUT2D eigenvalue weighted by atomic mass is 10.0. The van der Waals surface area contributed by atoms with Crippen molar-refractivity contribution in [3.63, 3.8) is 0 Å². The van der Waals surface area contributed by atoms with E-state index in [2.05, 4.69) is 12.2 Å². The van der Waals surface area contributed by atoms with Gasteiger partial charge in [-0.3, -0.25) is 0 Å². The number of carboxylic acid groups (broad SMARTS) is 1. The van der Waals surface area contributed by atoms with Gasteiger partial charge in [-0.05, 0) is 25.2 Å². The van der Waals surface area contributed by atoms with Gasteiger partial charge < -0.3 is 20.4 Å². The van der Waals surface area contributed by atoms with Crippen molar-refractivity contribution < 1.29 is 19.8 Å². The van der Waals surface area contributed by atoms with Crippen LogP contribution in [-0.2, 0) is 4.79 Å². The number of likely N-dealkylation sites (tertiary alicyclic amines) is 1. The number of aliphatic hydroxyl groups is 1. The Hall–Kier alpha value is -1.30. The Balaban J connectivity index is 2.25. The van der Waals surface area contributed by atoms with Crippen molar-refractivity contribution in [2.75, 3.05) is 19.6 Å². The SMILES string of the molecule is CC1CCCN(C(=O)NCCC(O)C(=O)O)CC1. The van der Waals surface area contributed by atoms with E-state index >= 15 is 0 Å². The number of hydrogen-bond acceptors (Lipinski definition) is 3. The summed E-state index contributed by atoms with van der Waals surface area (Å²) in [6.07, 6.45) is 1.78. The third kappa shape index (κ3) is 4.91. The molecule has 3 N–H and O–H groups in total. The number of urea groups is 1. The first-order valence-corrected chi connectivity index (χ1v) is 6.44. The van der Waals surface area contributed by atoms with Gasteiger partial charge in [0.25, 0.3) is 0 Å². The van der Waals surface area contributed by atoms with Crippen LogP contribution in [0.15, 0.2) is 0 Å². The van der Waals surface area contributed by atoms with Crippen molar-refractivity contribution in [2.24, 2.45) is 5.92 Å². The lowest BCUT2D eigenvalue weighted by Gasteiger charge is -2.21. The molecule has 0 aromatic carbocycles. The number of carbonyl (C=O) groups is 2. The number of nitrogens with one attached hydrogen (secondary N) is 1. The zero-order valence-electron chi connectivity index (χ0n) is 10.8. The van der Waals surface area contributed by atoms with Gasteiger partial charge in [0.1, 0.15) is 0 Å². The van der Waals surface area contributed by atoms with Crippen LogP contribution in [0.5, 0.6) is 0 Å². The molecule has 6 nitrogen and oxygen atoms in total. The molecule has 2 atom stereocenters. The van der Waals surface area contributed by atoms with E-state index in [1.165, 1.54) is 0 Å². The Bertz CT molecular complexity index is 296. The summed E-state index contributed by atoms with van der Waals surface area (Å²) in [7, 11) is 0. The number of aliphatic hydroxyl groups excluding tert-OH is 1. The van der Waals surface area contributed by atoms with E-state index in [1.807, 2.05) is 0 Å². The Kier molecular flexibility index (Phi) is 5.91. The molecular formula is C12H22N2O4. The quantitative estimate of drug-likeness (QED) is 0.690. The van der Waals surface area contributed by atoms with Gasteiger partial charge in [-0.25, -0.2) is 9.59 Å². The number of aliphatic carboxylic acids is 1. The topological polar surface area (TPSA) is 89.9 Å². The summed E-state index contributed by atoms with van der Waals surface area (Å²) in [5, 5.41) is 20.2. The second kappa shape index (κ2) is 7.20. The van der Waals surface area contributed by atoms with E-state index in [1.54, 1.807) is 4.90 Å². The predicted molar refractivity (Wildman–Crippen MR) is 66.2 cm³/mol. The highest BCUT2D eigenvalue weighted by molar-refractivity contribution is 5.74. The van der Waals surface area contributed by atoms with Crippen molar-refractivity contribution in [1.29, 1.82) is 0 Å². The van der Waals surface area contributed by atoms with Crippen molar-refractivity contribution in [2.45, 2.75) is 38.7 Å². The van der Waals surface area contributed by atoms with Gasteiger partial charge in [-0.1, -0.05) is 6.92 Å². The molecule has 18 heavy (non-hydrogen) atoms. The first-order valence-electron chi connectivity index (χ1n) is 6.44. The lowest BCUT2D eigenvalue weighted by molar-refractivity contribution is -0.146. The Morgan fingerprint density at radius 2 is 2.11 bits per heavy atom. The van der Waals surface area contributed by atoms with Gasteiger partial charge in [0.05, 0.1) is 0 Å². The largest absolute Gasteiger partial charge is 0.479 e. The second-order valence-electron chi connectivity index (χ2n) is 4.90. The maximum absolute atomic E-state index is 11.8. The third-order valence-corrected chi connectivity index (χ3v) is 3.28. The zero-order valence-corrected chi connectivity index (χ0v) is 10.8. The van der Waals surface area contributed by atoms with Crippen LogP contribution in [0.2, 0.25) is 0 Å². The molecule has 0 bridgehead atoms. The molecule has 1 aliphatic heterocycles. The van der Waals surface area contributed by atoms with Gasteiger partial charge in [0, 0.05) is 26.1 Å². The number of nitrogens with zero attached hydrogens (tertiary/aromatic N) is 1. The average molecular weight is 258 g/mol. The summed E-state index contributed by atoms with van der Waals surface area (Å²) in [4.78, 5) is 23.9. The number of rotatable bonds is 4. The molecule has 1 saturated heterocycles. The lowest BCUT2D eigenvalue weighted by Crippen LogP contribution is -2.41. The zero-order chi connectivity index (χ0) is 13.5. The maximum Gasteiger partial charge on any atom is 0.332 e. The number of carboxylic acids is 1. The van der Waals surface area contributed by atoms with Crippen LogP contribution in [0, 0.1) is 5.92 Å². The third-order valence-electron chi connectivity index (χ3n) is 3.28. The minimum absolute atomic E-state index is 0.0331. The molecule has 1 fully saturated rings. The van der Waals surface area contributed by atoms with Gasteiger partial charge in [0.2, 0.25) is 0 Å². The fourth-order valence-electron chi connectivity index (χ4n) is 2.02. The molecule has 104 valence electrons. The first-order chi connectivity index (χ1) is 8.50.